The molecule has 0 spiro atoms. The van der Waals surface area contributed by atoms with Crippen LogP contribution in [0.4, 0.5) is 4.79 Å². The highest BCUT2D eigenvalue weighted by atomic mass is 35.5. The molecule has 3 N–H and O–H groups in total. The summed E-state index contributed by atoms with van der Waals surface area (Å²) < 4.78 is 0. The summed E-state index contributed by atoms with van der Waals surface area (Å²) in [5.74, 6) is -0.267. The first-order valence-electron chi connectivity index (χ1n) is 6.16. The van der Waals surface area contributed by atoms with Gasteiger partial charge in [0.05, 0.1) is 0 Å². The van der Waals surface area contributed by atoms with Crippen molar-refractivity contribution in [2.24, 2.45) is 5.73 Å². The summed E-state index contributed by atoms with van der Waals surface area (Å²) in [6, 6.07) is 5.61. The van der Waals surface area contributed by atoms with E-state index >= 15 is 0 Å². The molecule has 5 nitrogen and oxygen atoms in total. The Morgan fingerprint density at radius 2 is 2.00 bits per heavy atom. The van der Waals surface area contributed by atoms with Gasteiger partial charge in [-0.1, -0.05) is 30.7 Å². The van der Waals surface area contributed by atoms with E-state index in [-0.39, 0.29) is 18.5 Å². The number of carbonyl (C=O) groups excluding carboxylic acids is 2. The molecule has 1 fully saturated rings. The number of rotatable bonds is 4. The van der Waals surface area contributed by atoms with Gasteiger partial charge < -0.3 is 11.1 Å². The number of imide groups is 1. The average Bonchev–Trinajstić information content (AvgIpc) is 2.67. The van der Waals surface area contributed by atoms with E-state index in [1.54, 1.807) is 24.3 Å². The molecule has 19 heavy (non-hydrogen) atoms. The molecule has 2 rings (SSSR count). The van der Waals surface area contributed by atoms with E-state index in [4.69, 9.17) is 17.3 Å². The van der Waals surface area contributed by atoms with Crippen molar-refractivity contribution in [1.82, 2.24) is 10.2 Å². The molecule has 1 aliphatic heterocycles. The van der Waals surface area contributed by atoms with Gasteiger partial charge in [-0.05, 0) is 24.1 Å². The summed E-state index contributed by atoms with van der Waals surface area (Å²) in [5.41, 5.74) is 6.51. The summed E-state index contributed by atoms with van der Waals surface area (Å²) in [6.45, 7) is 2.16. The lowest BCUT2D eigenvalue weighted by Gasteiger charge is -2.17. The minimum Gasteiger partial charge on any atom is -0.326 e. The fourth-order valence-electron chi connectivity index (χ4n) is 1.94. The lowest BCUT2D eigenvalue weighted by atomic mass is 10.1. The Kier molecular flexibility index (Phi) is 4.07. The standard InChI is InChI=1S/C13H16ClN3O2/c1-2-10(15)7-17-12(18)11(16-13(17)19)8-3-5-9(14)6-4-8/h3-6,10-11H,2,7,15H2,1H3,(H,16,19). The number of hydrogen-bond acceptors (Lipinski definition) is 3. The molecule has 1 heterocycles. The van der Waals surface area contributed by atoms with Gasteiger partial charge >= 0.3 is 6.03 Å². The number of nitrogens with zero attached hydrogens (tertiary/aromatic N) is 1. The summed E-state index contributed by atoms with van der Waals surface area (Å²) in [6.07, 6.45) is 0.711. The van der Waals surface area contributed by atoms with Crippen LogP contribution in [0.15, 0.2) is 24.3 Å². The maximum atomic E-state index is 12.2. The third-order valence-corrected chi connectivity index (χ3v) is 3.42. The minimum atomic E-state index is -0.645. The smallest absolute Gasteiger partial charge is 0.325 e. The molecule has 1 saturated heterocycles. The van der Waals surface area contributed by atoms with Gasteiger partial charge in [-0.3, -0.25) is 9.69 Å². The van der Waals surface area contributed by atoms with Crippen molar-refractivity contribution >= 4 is 23.5 Å². The highest BCUT2D eigenvalue weighted by molar-refractivity contribution is 6.30. The first-order chi connectivity index (χ1) is 9.02. The predicted octanol–water partition coefficient (Wildman–Crippen LogP) is 1.67. The van der Waals surface area contributed by atoms with Crippen LogP contribution in [0.5, 0.6) is 0 Å². The van der Waals surface area contributed by atoms with E-state index in [1.807, 2.05) is 6.92 Å². The van der Waals surface area contributed by atoms with E-state index in [2.05, 4.69) is 5.32 Å². The molecule has 0 aliphatic carbocycles. The van der Waals surface area contributed by atoms with Gasteiger partial charge in [0.1, 0.15) is 6.04 Å². The summed E-state index contributed by atoms with van der Waals surface area (Å²) in [7, 11) is 0. The first-order valence-corrected chi connectivity index (χ1v) is 6.53. The number of carbonyl (C=O) groups is 2. The zero-order valence-electron chi connectivity index (χ0n) is 10.6. The van der Waals surface area contributed by atoms with Gasteiger partial charge in [0.15, 0.2) is 0 Å². The molecule has 6 heteroatoms. The molecule has 3 amide bonds. The van der Waals surface area contributed by atoms with Crippen molar-refractivity contribution < 1.29 is 9.59 Å². The zero-order valence-corrected chi connectivity index (χ0v) is 11.4. The molecular formula is C13H16ClN3O2. The minimum absolute atomic E-state index is 0.196. The molecule has 0 aromatic heterocycles. The number of nitrogens with two attached hydrogens (primary N) is 1. The van der Waals surface area contributed by atoms with Crippen LogP contribution in [0.3, 0.4) is 0 Å². The Morgan fingerprint density at radius 3 is 2.58 bits per heavy atom. The van der Waals surface area contributed by atoms with Crippen molar-refractivity contribution in [3.8, 4) is 0 Å². The van der Waals surface area contributed by atoms with Crippen molar-refractivity contribution in [2.45, 2.75) is 25.4 Å². The Labute approximate surface area is 116 Å². The van der Waals surface area contributed by atoms with Crippen molar-refractivity contribution in [3.63, 3.8) is 0 Å². The summed E-state index contributed by atoms with van der Waals surface area (Å²) >= 11 is 5.80. The summed E-state index contributed by atoms with van der Waals surface area (Å²) in [5, 5.41) is 3.25. The lowest BCUT2D eigenvalue weighted by molar-refractivity contribution is -0.127. The quantitative estimate of drug-likeness (QED) is 0.825. The normalized spacial score (nSPS) is 20.6. The van der Waals surface area contributed by atoms with Gasteiger partial charge in [0, 0.05) is 17.6 Å². The lowest BCUT2D eigenvalue weighted by Crippen LogP contribution is -2.41. The number of benzene rings is 1. The van der Waals surface area contributed by atoms with Crippen LogP contribution in [0, 0.1) is 0 Å². The second kappa shape index (κ2) is 5.59. The van der Waals surface area contributed by atoms with Gasteiger partial charge in [0.2, 0.25) is 0 Å². The molecule has 0 radical (unpaired) electrons. The average molecular weight is 282 g/mol. The second-order valence-electron chi connectivity index (χ2n) is 4.55. The molecule has 0 saturated carbocycles. The van der Waals surface area contributed by atoms with E-state index in [1.165, 1.54) is 4.90 Å². The Morgan fingerprint density at radius 1 is 1.37 bits per heavy atom. The Bertz CT molecular complexity index is 489. The first kappa shape index (κ1) is 13.8. The molecule has 2 unspecified atom stereocenters. The number of halogens is 1. The number of hydrogen-bond donors (Lipinski definition) is 2. The fourth-order valence-corrected chi connectivity index (χ4v) is 2.06. The monoisotopic (exact) mass is 281 g/mol. The third kappa shape index (κ3) is 2.88. The molecule has 1 aliphatic rings. The van der Waals surface area contributed by atoms with Crippen LogP contribution in [-0.2, 0) is 4.79 Å². The van der Waals surface area contributed by atoms with E-state index < -0.39 is 12.1 Å². The number of nitrogens with one attached hydrogen (secondary N) is 1. The second-order valence-corrected chi connectivity index (χ2v) is 4.99. The molecule has 1 aromatic rings. The maximum absolute atomic E-state index is 12.2. The number of amides is 3. The molecule has 102 valence electrons. The highest BCUT2D eigenvalue weighted by Crippen LogP contribution is 2.23. The van der Waals surface area contributed by atoms with Gasteiger partial charge in [-0.2, -0.15) is 0 Å². The molecule has 2 atom stereocenters. The van der Waals surface area contributed by atoms with Gasteiger partial charge in [0.25, 0.3) is 5.91 Å². The highest BCUT2D eigenvalue weighted by Gasteiger charge is 2.39. The van der Waals surface area contributed by atoms with Crippen molar-refractivity contribution in [1.29, 1.82) is 0 Å². The van der Waals surface area contributed by atoms with Crippen LogP contribution >= 0.6 is 11.6 Å². The maximum Gasteiger partial charge on any atom is 0.325 e. The fraction of sp³-hybridized carbons (Fsp3) is 0.385. The SMILES string of the molecule is CCC(N)CN1C(=O)NC(c2ccc(Cl)cc2)C1=O. The van der Waals surface area contributed by atoms with E-state index in [9.17, 15) is 9.59 Å². The van der Waals surface area contributed by atoms with Crippen LogP contribution in [0.25, 0.3) is 0 Å². The Balaban J connectivity index is 2.15. The molecular weight excluding hydrogens is 266 g/mol. The van der Waals surface area contributed by atoms with Crippen LogP contribution in [-0.4, -0.2) is 29.4 Å². The Hall–Kier alpha value is -1.59. The van der Waals surface area contributed by atoms with Crippen LogP contribution in [0.2, 0.25) is 5.02 Å². The largest absolute Gasteiger partial charge is 0.326 e. The van der Waals surface area contributed by atoms with E-state index in [0.717, 1.165) is 5.56 Å². The van der Waals surface area contributed by atoms with Gasteiger partial charge in [-0.25, -0.2) is 4.79 Å². The predicted molar refractivity (Wildman–Crippen MR) is 72.7 cm³/mol. The van der Waals surface area contributed by atoms with Crippen LogP contribution < -0.4 is 11.1 Å². The zero-order chi connectivity index (χ0) is 14.0. The summed E-state index contributed by atoms with van der Waals surface area (Å²) in [4.78, 5) is 25.2. The molecule has 1 aromatic carbocycles. The molecule has 0 bridgehead atoms. The topological polar surface area (TPSA) is 75.4 Å². The third-order valence-electron chi connectivity index (χ3n) is 3.17. The number of urea groups is 1. The van der Waals surface area contributed by atoms with Crippen LogP contribution in [0.1, 0.15) is 24.9 Å². The van der Waals surface area contributed by atoms with Gasteiger partial charge in [-0.15, -0.1) is 0 Å². The van der Waals surface area contributed by atoms with Crippen molar-refractivity contribution in [3.05, 3.63) is 34.9 Å². The van der Waals surface area contributed by atoms with Crippen molar-refractivity contribution in [2.75, 3.05) is 6.54 Å². The van der Waals surface area contributed by atoms with E-state index in [0.29, 0.717) is 11.4 Å².